The molecule has 3 heteroatoms. The Morgan fingerprint density at radius 2 is 2.18 bits per heavy atom. The monoisotopic (exact) mass is 239 g/mol. The molecule has 0 aliphatic carbocycles. The summed E-state index contributed by atoms with van der Waals surface area (Å²) in [4.78, 5) is 0. The molecular weight excluding hydrogens is 217 g/mol. The first kappa shape index (κ1) is 14.0. The average Bonchev–Trinajstić information content (AvgIpc) is 2.35. The van der Waals surface area contributed by atoms with Gasteiger partial charge in [-0.2, -0.15) is 0 Å². The van der Waals surface area contributed by atoms with Crippen LogP contribution in [-0.4, -0.2) is 13.2 Å². The second-order valence-corrected chi connectivity index (χ2v) is 4.36. The van der Waals surface area contributed by atoms with Crippen molar-refractivity contribution < 1.29 is 9.13 Å². The maximum atomic E-state index is 13.8. The first-order chi connectivity index (χ1) is 8.19. The van der Waals surface area contributed by atoms with Crippen molar-refractivity contribution in [3.63, 3.8) is 0 Å². The van der Waals surface area contributed by atoms with Gasteiger partial charge in [0.2, 0.25) is 0 Å². The lowest BCUT2D eigenvalue weighted by Crippen LogP contribution is -2.25. The molecule has 96 valence electrons. The van der Waals surface area contributed by atoms with Gasteiger partial charge in [-0.15, -0.1) is 0 Å². The van der Waals surface area contributed by atoms with Crippen molar-refractivity contribution in [3.05, 3.63) is 29.6 Å². The number of methoxy groups -OCH3 is 1. The highest BCUT2D eigenvalue weighted by Gasteiger charge is 2.09. The second-order valence-electron chi connectivity index (χ2n) is 4.36. The molecule has 0 saturated heterocycles. The van der Waals surface area contributed by atoms with Crippen molar-refractivity contribution >= 4 is 0 Å². The van der Waals surface area contributed by atoms with E-state index in [4.69, 9.17) is 4.74 Å². The van der Waals surface area contributed by atoms with Crippen LogP contribution >= 0.6 is 0 Å². The SMILES string of the molecule is CCCCC(C)NCc1cccc(OC)c1F. The molecule has 17 heavy (non-hydrogen) atoms. The van der Waals surface area contributed by atoms with E-state index in [1.807, 2.05) is 6.07 Å². The summed E-state index contributed by atoms with van der Waals surface area (Å²) in [6.07, 6.45) is 3.52. The minimum absolute atomic E-state index is 0.259. The Balaban J connectivity index is 2.51. The van der Waals surface area contributed by atoms with Crippen LogP contribution in [0.4, 0.5) is 4.39 Å². The topological polar surface area (TPSA) is 21.3 Å². The molecule has 0 saturated carbocycles. The van der Waals surface area contributed by atoms with E-state index in [-0.39, 0.29) is 5.82 Å². The van der Waals surface area contributed by atoms with Crippen LogP contribution < -0.4 is 10.1 Å². The van der Waals surface area contributed by atoms with Crippen LogP contribution in [-0.2, 0) is 6.54 Å². The van der Waals surface area contributed by atoms with Gasteiger partial charge in [-0.3, -0.25) is 0 Å². The molecule has 0 aromatic heterocycles. The normalized spacial score (nSPS) is 12.5. The van der Waals surface area contributed by atoms with Crippen LogP contribution in [0.1, 0.15) is 38.7 Å². The van der Waals surface area contributed by atoms with Gasteiger partial charge in [-0.05, 0) is 19.4 Å². The Hall–Kier alpha value is -1.09. The van der Waals surface area contributed by atoms with Crippen LogP contribution in [0.15, 0.2) is 18.2 Å². The Labute approximate surface area is 103 Å². The first-order valence-electron chi connectivity index (χ1n) is 6.23. The van der Waals surface area contributed by atoms with Gasteiger partial charge in [0.25, 0.3) is 0 Å². The smallest absolute Gasteiger partial charge is 0.169 e. The summed E-state index contributed by atoms with van der Waals surface area (Å²) < 4.78 is 18.8. The fourth-order valence-corrected chi connectivity index (χ4v) is 1.75. The minimum Gasteiger partial charge on any atom is -0.494 e. The van der Waals surface area contributed by atoms with Crippen molar-refractivity contribution in [1.82, 2.24) is 5.32 Å². The van der Waals surface area contributed by atoms with Gasteiger partial charge < -0.3 is 10.1 Å². The summed E-state index contributed by atoms with van der Waals surface area (Å²) in [5, 5.41) is 3.33. The fraction of sp³-hybridized carbons (Fsp3) is 0.571. The maximum Gasteiger partial charge on any atom is 0.169 e. The van der Waals surface area contributed by atoms with E-state index in [0.717, 1.165) is 6.42 Å². The number of hydrogen-bond acceptors (Lipinski definition) is 2. The molecule has 0 aliphatic rings. The molecule has 0 radical (unpaired) electrons. The molecule has 1 aromatic carbocycles. The summed E-state index contributed by atoms with van der Waals surface area (Å²) in [6.45, 7) is 4.86. The standard InChI is InChI=1S/C14H22FNO/c1-4-5-7-11(2)16-10-12-8-6-9-13(17-3)14(12)15/h6,8-9,11,16H,4-5,7,10H2,1-3H3. The van der Waals surface area contributed by atoms with E-state index in [2.05, 4.69) is 19.2 Å². The lowest BCUT2D eigenvalue weighted by atomic mass is 10.1. The molecular formula is C14H22FNO. The zero-order valence-electron chi connectivity index (χ0n) is 10.9. The molecule has 0 fully saturated rings. The highest BCUT2D eigenvalue weighted by Crippen LogP contribution is 2.19. The number of ether oxygens (including phenoxy) is 1. The summed E-state index contributed by atoms with van der Waals surface area (Å²) >= 11 is 0. The van der Waals surface area contributed by atoms with Gasteiger partial charge in [0.05, 0.1) is 7.11 Å². The summed E-state index contributed by atoms with van der Waals surface area (Å²) in [6, 6.07) is 5.66. The van der Waals surface area contributed by atoms with Crippen LogP contribution in [0.5, 0.6) is 5.75 Å². The largest absolute Gasteiger partial charge is 0.494 e. The number of halogens is 1. The molecule has 0 heterocycles. The lowest BCUT2D eigenvalue weighted by molar-refractivity contribution is 0.382. The summed E-state index contributed by atoms with van der Waals surface area (Å²) in [5.41, 5.74) is 0.660. The molecule has 2 nitrogen and oxygen atoms in total. The molecule has 0 bridgehead atoms. The van der Waals surface area contributed by atoms with Gasteiger partial charge in [0, 0.05) is 18.2 Å². The van der Waals surface area contributed by atoms with Gasteiger partial charge in [-0.1, -0.05) is 31.9 Å². The fourth-order valence-electron chi connectivity index (χ4n) is 1.75. The average molecular weight is 239 g/mol. The summed E-state index contributed by atoms with van der Waals surface area (Å²) in [7, 11) is 1.49. The number of hydrogen-bond donors (Lipinski definition) is 1. The van der Waals surface area contributed by atoms with Crippen molar-refractivity contribution in [2.75, 3.05) is 7.11 Å². The van der Waals surface area contributed by atoms with Crippen molar-refractivity contribution in [2.45, 2.75) is 45.7 Å². The molecule has 0 amide bonds. The molecule has 1 N–H and O–H groups in total. The molecule has 1 aromatic rings. The molecule has 1 unspecified atom stereocenters. The Kier molecular flexibility index (Phi) is 5.98. The predicted octanol–water partition coefficient (Wildman–Crippen LogP) is 3.50. The van der Waals surface area contributed by atoms with Gasteiger partial charge >= 0.3 is 0 Å². The Bertz CT molecular complexity index is 341. The van der Waals surface area contributed by atoms with E-state index in [1.165, 1.54) is 20.0 Å². The molecule has 0 spiro atoms. The first-order valence-corrected chi connectivity index (χ1v) is 6.23. The third kappa shape index (κ3) is 4.35. The van der Waals surface area contributed by atoms with Crippen LogP contribution in [0.3, 0.4) is 0 Å². The molecule has 1 atom stereocenters. The maximum absolute atomic E-state index is 13.8. The Morgan fingerprint density at radius 3 is 2.82 bits per heavy atom. The quantitative estimate of drug-likeness (QED) is 0.786. The van der Waals surface area contributed by atoms with E-state index < -0.39 is 0 Å². The zero-order valence-corrected chi connectivity index (χ0v) is 10.9. The van der Waals surface area contributed by atoms with Gasteiger partial charge in [-0.25, -0.2) is 4.39 Å². The number of rotatable bonds is 7. The third-order valence-corrected chi connectivity index (χ3v) is 2.89. The lowest BCUT2D eigenvalue weighted by Gasteiger charge is -2.14. The van der Waals surface area contributed by atoms with E-state index in [0.29, 0.717) is 23.9 Å². The van der Waals surface area contributed by atoms with Gasteiger partial charge in [0.1, 0.15) is 0 Å². The van der Waals surface area contributed by atoms with E-state index in [9.17, 15) is 4.39 Å². The second kappa shape index (κ2) is 7.28. The van der Waals surface area contributed by atoms with E-state index in [1.54, 1.807) is 12.1 Å². The zero-order chi connectivity index (χ0) is 12.7. The van der Waals surface area contributed by atoms with Crippen molar-refractivity contribution in [1.29, 1.82) is 0 Å². The third-order valence-electron chi connectivity index (χ3n) is 2.89. The van der Waals surface area contributed by atoms with Crippen LogP contribution in [0.2, 0.25) is 0 Å². The van der Waals surface area contributed by atoms with Crippen molar-refractivity contribution in [3.8, 4) is 5.75 Å². The summed E-state index contributed by atoms with van der Waals surface area (Å²) in [5.74, 6) is 0.0516. The van der Waals surface area contributed by atoms with Crippen molar-refractivity contribution in [2.24, 2.45) is 0 Å². The van der Waals surface area contributed by atoms with E-state index >= 15 is 0 Å². The minimum atomic E-state index is -0.259. The van der Waals surface area contributed by atoms with Crippen LogP contribution in [0, 0.1) is 5.82 Å². The highest BCUT2D eigenvalue weighted by atomic mass is 19.1. The molecule has 1 rings (SSSR count). The number of unbranched alkanes of at least 4 members (excludes halogenated alkanes) is 1. The highest BCUT2D eigenvalue weighted by molar-refractivity contribution is 5.30. The predicted molar refractivity (Wildman–Crippen MR) is 68.8 cm³/mol. The molecule has 0 aliphatic heterocycles. The number of benzene rings is 1. The number of nitrogens with one attached hydrogen (secondary N) is 1. The van der Waals surface area contributed by atoms with Crippen LogP contribution in [0.25, 0.3) is 0 Å². The Morgan fingerprint density at radius 1 is 1.41 bits per heavy atom. The van der Waals surface area contributed by atoms with Gasteiger partial charge in [0.15, 0.2) is 11.6 Å².